The Hall–Kier alpha value is -2.17. The fraction of sp³-hybridized carbons (Fsp3) is 0.231. The van der Waals surface area contributed by atoms with Crippen LogP contribution in [0.4, 0.5) is 4.39 Å². The van der Waals surface area contributed by atoms with Gasteiger partial charge in [0, 0.05) is 12.1 Å². The molecule has 2 aromatic rings. The van der Waals surface area contributed by atoms with Crippen LogP contribution in [0, 0.1) is 5.82 Å². The first-order chi connectivity index (χ1) is 8.61. The fourth-order valence-electron chi connectivity index (χ4n) is 1.84. The summed E-state index contributed by atoms with van der Waals surface area (Å²) in [5.41, 5.74) is 1.47. The summed E-state index contributed by atoms with van der Waals surface area (Å²) in [6.07, 6.45) is -0.158. The number of rotatable bonds is 4. The molecule has 0 aliphatic rings. The van der Waals surface area contributed by atoms with Gasteiger partial charge < -0.3 is 5.11 Å². The van der Waals surface area contributed by atoms with E-state index in [2.05, 4.69) is 5.10 Å². The minimum Gasteiger partial charge on any atom is -0.481 e. The topological polar surface area (TPSA) is 55.1 Å². The maximum Gasteiger partial charge on any atom is 0.309 e. The molecule has 0 atom stereocenters. The van der Waals surface area contributed by atoms with Gasteiger partial charge in [-0.3, -0.25) is 9.48 Å². The highest BCUT2D eigenvalue weighted by molar-refractivity contribution is 5.70. The van der Waals surface area contributed by atoms with Crippen molar-refractivity contribution in [2.24, 2.45) is 0 Å². The van der Waals surface area contributed by atoms with E-state index in [-0.39, 0.29) is 12.2 Å². The van der Waals surface area contributed by atoms with Crippen LogP contribution in [0.2, 0.25) is 0 Å². The Kier molecular flexibility index (Phi) is 3.41. The van der Waals surface area contributed by atoms with Gasteiger partial charge in [0.2, 0.25) is 0 Å². The molecule has 2 rings (SSSR count). The SMILES string of the molecule is CCn1nc(CC(=O)O)cc1-c1ccccc1F. The van der Waals surface area contributed by atoms with E-state index in [0.717, 1.165) is 0 Å². The lowest BCUT2D eigenvalue weighted by Crippen LogP contribution is -2.03. The second-order valence-electron chi connectivity index (χ2n) is 3.89. The molecule has 0 amide bonds. The molecule has 1 N–H and O–H groups in total. The molecule has 5 heteroatoms. The molecule has 0 spiro atoms. The van der Waals surface area contributed by atoms with Gasteiger partial charge in [-0.25, -0.2) is 4.39 Å². The zero-order valence-electron chi connectivity index (χ0n) is 9.93. The molecule has 0 radical (unpaired) electrons. The number of hydrogen-bond donors (Lipinski definition) is 1. The smallest absolute Gasteiger partial charge is 0.309 e. The van der Waals surface area contributed by atoms with Crippen LogP contribution < -0.4 is 0 Å². The average molecular weight is 248 g/mol. The minimum absolute atomic E-state index is 0.158. The number of hydrogen-bond acceptors (Lipinski definition) is 2. The molecule has 94 valence electrons. The number of aromatic nitrogens is 2. The van der Waals surface area contributed by atoms with Gasteiger partial charge in [-0.15, -0.1) is 0 Å². The largest absolute Gasteiger partial charge is 0.481 e. The summed E-state index contributed by atoms with van der Waals surface area (Å²) in [6, 6.07) is 8.00. The molecule has 0 aliphatic heterocycles. The van der Waals surface area contributed by atoms with Crippen molar-refractivity contribution in [3.05, 3.63) is 41.8 Å². The summed E-state index contributed by atoms with van der Waals surface area (Å²) < 4.78 is 15.3. The van der Waals surface area contributed by atoms with Gasteiger partial charge in [-0.1, -0.05) is 12.1 Å². The number of aliphatic carboxylic acids is 1. The van der Waals surface area contributed by atoms with Crippen molar-refractivity contribution >= 4 is 5.97 Å². The number of carbonyl (C=O) groups is 1. The molecule has 0 aliphatic carbocycles. The van der Waals surface area contributed by atoms with Gasteiger partial charge in [0.15, 0.2) is 0 Å². The molecular formula is C13H13FN2O2. The number of carboxylic acid groups (broad SMARTS) is 1. The van der Waals surface area contributed by atoms with Crippen LogP contribution in [-0.2, 0) is 17.8 Å². The third kappa shape index (κ3) is 2.40. The second-order valence-corrected chi connectivity index (χ2v) is 3.89. The van der Waals surface area contributed by atoms with E-state index in [1.807, 2.05) is 6.92 Å². The van der Waals surface area contributed by atoms with Gasteiger partial charge in [-0.05, 0) is 25.1 Å². The Labute approximate surface area is 104 Å². The first-order valence-electron chi connectivity index (χ1n) is 5.65. The maximum atomic E-state index is 13.7. The Morgan fingerprint density at radius 1 is 1.44 bits per heavy atom. The van der Waals surface area contributed by atoms with E-state index in [1.165, 1.54) is 6.07 Å². The first kappa shape index (κ1) is 12.3. The Morgan fingerprint density at radius 2 is 2.17 bits per heavy atom. The van der Waals surface area contributed by atoms with Gasteiger partial charge >= 0.3 is 5.97 Å². The van der Waals surface area contributed by atoms with Crippen LogP contribution in [0.25, 0.3) is 11.3 Å². The van der Waals surface area contributed by atoms with Crippen molar-refractivity contribution < 1.29 is 14.3 Å². The fourth-order valence-corrected chi connectivity index (χ4v) is 1.84. The number of benzene rings is 1. The van der Waals surface area contributed by atoms with Gasteiger partial charge in [0.1, 0.15) is 5.82 Å². The van der Waals surface area contributed by atoms with Crippen LogP contribution in [0.3, 0.4) is 0 Å². The molecule has 0 saturated heterocycles. The van der Waals surface area contributed by atoms with Crippen molar-refractivity contribution in [1.82, 2.24) is 9.78 Å². The highest BCUT2D eigenvalue weighted by Crippen LogP contribution is 2.23. The Bertz CT molecular complexity index is 578. The molecule has 0 fully saturated rings. The van der Waals surface area contributed by atoms with Gasteiger partial charge in [-0.2, -0.15) is 5.10 Å². The monoisotopic (exact) mass is 248 g/mol. The summed E-state index contributed by atoms with van der Waals surface area (Å²) in [7, 11) is 0. The molecular weight excluding hydrogens is 235 g/mol. The van der Waals surface area contributed by atoms with Crippen molar-refractivity contribution in [1.29, 1.82) is 0 Å². The van der Waals surface area contributed by atoms with E-state index in [1.54, 1.807) is 28.9 Å². The number of aryl methyl sites for hydroxylation is 1. The van der Waals surface area contributed by atoms with Crippen LogP contribution in [0.1, 0.15) is 12.6 Å². The summed E-state index contributed by atoms with van der Waals surface area (Å²) in [5.74, 6) is -1.29. The number of nitrogens with zero attached hydrogens (tertiary/aromatic N) is 2. The van der Waals surface area contributed by atoms with Gasteiger partial charge in [0.25, 0.3) is 0 Å². The lowest BCUT2D eigenvalue weighted by atomic mass is 10.1. The standard InChI is InChI=1S/C13H13FN2O2/c1-2-16-12(7-9(15-16)8-13(17)18)10-5-3-4-6-11(10)14/h3-7H,2,8H2,1H3,(H,17,18). The zero-order chi connectivity index (χ0) is 13.1. The quantitative estimate of drug-likeness (QED) is 0.903. The summed E-state index contributed by atoms with van der Waals surface area (Å²) in [6.45, 7) is 2.44. The second kappa shape index (κ2) is 5.00. The van der Waals surface area contributed by atoms with Crippen molar-refractivity contribution in [3.63, 3.8) is 0 Å². The number of carboxylic acids is 1. The minimum atomic E-state index is -0.948. The molecule has 0 unspecified atom stereocenters. The third-order valence-electron chi connectivity index (χ3n) is 2.61. The predicted octanol–water partition coefficient (Wildman–Crippen LogP) is 2.34. The predicted molar refractivity (Wildman–Crippen MR) is 64.6 cm³/mol. The average Bonchev–Trinajstić information content (AvgIpc) is 2.71. The molecule has 1 aromatic heterocycles. The summed E-state index contributed by atoms with van der Waals surface area (Å²) in [4.78, 5) is 10.7. The Balaban J connectivity index is 2.47. The Morgan fingerprint density at radius 3 is 2.78 bits per heavy atom. The van der Waals surface area contributed by atoms with Crippen LogP contribution in [-0.4, -0.2) is 20.9 Å². The zero-order valence-corrected chi connectivity index (χ0v) is 9.93. The first-order valence-corrected chi connectivity index (χ1v) is 5.65. The van der Waals surface area contributed by atoms with E-state index in [0.29, 0.717) is 23.5 Å². The highest BCUT2D eigenvalue weighted by atomic mass is 19.1. The number of halogens is 1. The molecule has 4 nitrogen and oxygen atoms in total. The van der Waals surface area contributed by atoms with Crippen molar-refractivity contribution in [3.8, 4) is 11.3 Å². The molecule has 1 aromatic carbocycles. The normalized spacial score (nSPS) is 10.6. The lowest BCUT2D eigenvalue weighted by Gasteiger charge is -2.05. The van der Waals surface area contributed by atoms with E-state index < -0.39 is 5.97 Å². The van der Waals surface area contributed by atoms with Crippen molar-refractivity contribution in [2.45, 2.75) is 19.9 Å². The summed E-state index contributed by atoms with van der Waals surface area (Å²) >= 11 is 0. The van der Waals surface area contributed by atoms with Crippen LogP contribution in [0.15, 0.2) is 30.3 Å². The van der Waals surface area contributed by atoms with E-state index >= 15 is 0 Å². The molecule has 18 heavy (non-hydrogen) atoms. The molecule has 0 bridgehead atoms. The molecule has 0 saturated carbocycles. The lowest BCUT2D eigenvalue weighted by molar-refractivity contribution is -0.136. The third-order valence-corrected chi connectivity index (χ3v) is 2.61. The van der Waals surface area contributed by atoms with Gasteiger partial charge in [0.05, 0.1) is 17.8 Å². The van der Waals surface area contributed by atoms with Crippen LogP contribution >= 0.6 is 0 Å². The molecule has 1 heterocycles. The van der Waals surface area contributed by atoms with Crippen molar-refractivity contribution in [2.75, 3.05) is 0 Å². The van der Waals surface area contributed by atoms with E-state index in [9.17, 15) is 9.18 Å². The summed E-state index contributed by atoms with van der Waals surface area (Å²) in [5, 5.41) is 12.9. The van der Waals surface area contributed by atoms with E-state index in [4.69, 9.17) is 5.11 Å². The maximum absolute atomic E-state index is 13.7. The van der Waals surface area contributed by atoms with Crippen LogP contribution in [0.5, 0.6) is 0 Å². The highest BCUT2D eigenvalue weighted by Gasteiger charge is 2.13.